The molecule has 0 spiro atoms. The third-order valence-electron chi connectivity index (χ3n) is 5.18. The molecule has 2 rings (SSSR count). The van der Waals surface area contributed by atoms with Gasteiger partial charge in [-0.05, 0) is 31.6 Å². The highest BCUT2D eigenvalue weighted by atomic mass is 16.5. The van der Waals surface area contributed by atoms with Crippen molar-refractivity contribution >= 4 is 5.91 Å². The summed E-state index contributed by atoms with van der Waals surface area (Å²) in [6.07, 6.45) is 4.79. The molecule has 1 amide bonds. The number of hydrogen-bond acceptors (Lipinski definition) is 4. The number of rotatable bonds is 5. The summed E-state index contributed by atoms with van der Waals surface area (Å²) in [5.41, 5.74) is 5.19. The van der Waals surface area contributed by atoms with Crippen LogP contribution in [0.5, 0.6) is 0 Å². The van der Waals surface area contributed by atoms with Gasteiger partial charge in [-0.25, -0.2) is 0 Å². The minimum absolute atomic E-state index is 0.0928. The second kappa shape index (κ2) is 6.41. The van der Waals surface area contributed by atoms with Gasteiger partial charge in [0.1, 0.15) is 5.60 Å². The van der Waals surface area contributed by atoms with Crippen LogP contribution in [0.2, 0.25) is 0 Å². The smallest absolute Gasteiger partial charge is 0.227 e. The molecule has 5 nitrogen and oxygen atoms in total. The van der Waals surface area contributed by atoms with Crippen LogP contribution in [0.3, 0.4) is 0 Å². The summed E-state index contributed by atoms with van der Waals surface area (Å²) in [6, 6.07) is 0. The molecule has 0 aromatic carbocycles. The van der Waals surface area contributed by atoms with Gasteiger partial charge < -0.3 is 20.5 Å². The van der Waals surface area contributed by atoms with Gasteiger partial charge in [-0.2, -0.15) is 0 Å². The minimum Gasteiger partial charge on any atom is -0.378 e. The third-order valence-corrected chi connectivity index (χ3v) is 5.18. The van der Waals surface area contributed by atoms with Gasteiger partial charge in [0.05, 0.1) is 12.0 Å². The zero-order chi connectivity index (χ0) is 14.6. The van der Waals surface area contributed by atoms with Gasteiger partial charge in [-0.1, -0.05) is 6.92 Å². The van der Waals surface area contributed by atoms with Gasteiger partial charge in [0.25, 0.3) is 0 Å². The third kappa shape index (κ3) is 3.15. The Morgan fingerprint density at radius 3 is 2.60 bits per heavy atom. The highest BCUT2D eigenvalue weighted by molar-refractivity contribution is 5.83. The molecule has 2 fully saturated rings. The molecule has 1 atom stereocenters. The number of nitrogens with one attached hydrogen (secondary N) is 1. The second-order valence-electron chi connectivity index (χ2n) is 6.54. The Kier molecular flexibility index (Phi) is 5.04. The molecule has 1 aliphatic heterocycles. The Bertz CT molecular complexity index is 332. The molecule has 1 aliphatic carbocycles. The topological polar surface area (TPSA) is 73.6 Å². The van der Waals surface area contributed by atoms with Crippen molar-refractivity contribution in [3.8, 4) is 0 Å². The molecule has 0 aromatic rings. The van der Waals surface area contributed by atoms with Gasteiger partial charge in [-0.15, -0.1) is 0 Å². The van der Waals surface area contributed by atoms with E-state index in [0.29, 0.717) is 32.2 Å². The zero-order valence-electron chi connectivity index (χ0n) is 12.7. The van der Waals surface area contributed by atoms with Crippen molar-refractivity contribution in [2.75, 3.05) is 33.4 Å². The summed E-state index contributed by atoms with van der Waals surface area (Å²) in [7, 11) is 1.68. The van der Waals surface area contributed by atoms with E-state index in [1.54, 1.807) is 7.11 Å². The molecule has 116 valence electrons. The quantitative estimate of drug-likeness (QED) is 0.792. The molecule has 2 aliphatic rings. The van der Waals surface area contributed by atoms with Crippen LogP contribution in [0.25, 0.3) is 0 Å². The van der Waals surface area contributed by atoms with Crippen molar-refractivity contribution in [3.05, 3.63) is 0 Å². The van der Waals surface area contributed by atoms with Crippen molar-refractivity contribution < 1.29 is 14.3 Å². The van der Waals surface area contributed by atoms with E-state index in [0.717, 1.165) is 32.1 Å². The Morgan fingerprint density at radius 1 is 1.40 bits per heavy atom. The molecule has 1 heterocycles. The molecule has 0 bridgehead atoms. The van der Waals surface area contributed by atoms with E-state index in [1.165, 1.54) is 0 Å². The first kappa shape index (κ1) is 15.7. The lowest BCUT2D eigenvalue weighted by atomic mass is 9.70. The molecular formula is C15H28N2O3. The molecule has 0 radical (unpaired) electrons. The lowest BCUT2D eigenvalue weighted by Crippen LogP contribution is -2.52. The van der Waals surface area contributed by atoms with E-state index in [1.807, 2.05) is 0 Å². The number of amides is 1. The summed E-state index contributed by atoms with van der Waals surface area (Å²) in [5, 5.41) is 3.07. The molecular weight excluding hydrogens is 256 g/mol. The largest absolute Gasteiger partial charge is 0.378 e. The number of carbonyl (C=O) groups is 1. The first-order valence-corrected chi connectivity index (χ1v) is 7.67. The Morgan fingerprint density at radius 2 is 2.10 bits per heavy atom. The molecule has 3 N–H and O–H groups in total. The van der Waals surface area contributed by atoms with Crippen molar-refractivity contribution in [2.45, 2.75) is 44.6 Å². The maximum Gasteiger partial charge on any atom is 0.227 e. The highest BCUT2D eigenvalue weighted by Gasteiger charge is 2.42. The summed E-state index contributed by atoms with van der Waals surface area (Å²) in [5.74, 6) is 0.797. The number of nitrogens with two attached hydrogens (primary N) is 1. The Hall–Kier alpha value is -0.650. The van der Waals surface area contributed by atoms with Gasteiger partial charge in [-0.3, -0.25) is 4.79 Å². The van der Waals surface area contributed by atoms with Crippen LogP contribution in [0, 0.1) is 11.3 Å². The summed E-state index contributed by atoms with van der Waals surface area (Å²) < 4.78 is 10.9. The van der Waals surface area contributed by atoms with Gasteiger partial charge in [0.15, 0.2) is 0 Å². The highest BCUT2D eigenvalue weighted by Crippen LogP contribution is 2.38. The van der Waals surface area contributed by atoms with Crippen molar-refractivity contribution in [1.29, 1.82) is 0 Å². The summed E-state index contributed by atoms with van der Waals surface area (Å²) in [4.78, 5) is 12.6. The molecule has 5 heteroatoms. The minimum atomic E-state index is -0.374. The second-order valence-corrected chi connectivity index (χ2v) is 6.54. The van der Waals surface area contributed by atoms with E-state index in [9.17, 15) is 4.79 Å². The average Bonchev–Trinajstić information content (AvgIpc) is 2.95. The molecule has 1 unspecified atom stereocenters. The summed E-state index contributed by atoms with van der Waals surface area (Å²) in [6.45, 7) is 4.44. The average molecular weight is 284 g/mol. The van der Waals surface area contributed by atoms with Crippen LogP contribution in [0.15, 0.2) is 0 Å². The molecule has 1 saturated heterocycles. The lowest BCUT2D eigenvalue weighted by Gasteiger charge is -2.38. The van der Waals surface area contributed by atoms with Crippen LogP contribution in [-0.4, -0.2) is 44.9 Å². The van der Waals surface area contributed by atoms with Crippen LogP contribution >= 0.6 is 0 Å². The predicted octanol–water partition coefficient (Wildman–Crippen LogP) is 1.06. The monoisotopic (exact) mass is 284 g/mol. The number of carbonyl (C=O) groups excluding carboxylic acids is 1. The fourth-order valence-electron chi connectivity index (χ4n) is 3.23. The normalized spacial score (nSPS) is 37.9. The van der Waals surface area contributed by atoms with Gasteiger partial charge >= 0.3 is 0 Å². The van der Waals surface area contributed by atoms with Crippen molar-refractivity contribution in [2.24, 2.45) is 17.1 Å². The Balaban J connectivity index is 1.92. The number of methoxy groups -OCH3 is 1. The standard InChI is InChI=1S/C15H28N2O3/c1-12-3-5-14(9-16,6-4-12)13(18)17-10-15(19-2)7-8-20-11-15/h12H,3-11,16H2,1-2H3,(H,17,18). The van der Waals surface area contributed by atoms with E-state index >= 15 is 0 Å². The van der Waals surface area contributed by atoms with Gasteiger partial charge in [0, 0.05) is 33.2 Å². The molecule has 0 aromatic heterocycles. The van der Waals surface area contributed by atoms with E-state index in [2.05, 4.69) is 12.2 Å². The lowest BCUT2D eigenvalue weighted by molar-refractivity contribution is -0.134. The summed E-state index contributed by atoms with van der Waals surface area (Å²) >= 11 is 0. The fraction of sp³-hybridized carbons (Fsp3) is 0.933. The van der Waals surface area contributed by atoms with Crippen LogP contribution in [0.4, 0.5) is 0 Å². The van der Waals surface area contributed by atoms with Crippen molar-refractivity contribution in [1.82, 2.24) is 5.32 Å². The Labute approximate surface area is 121 Å². The molecule has 20 heavy (non-hydrogen) atoms. The van der Waals surface area contributed by atoms with Crippen LogP contribution in [0.1, 0.15) is 39.0 Å². The van der Waals surface area contributed by atoms with E-state index < -0.39 is 0 Å². The first-order valence-electron chi connectivity index (χ1n) is 7.67. The van der Waals surface area contributed by atoms with Crippen LogP contribution < -0.4 is 11.1 Å². The predicted molar refractivity (Wildman–Crippen MR) is 77.3 cm³/mol. The first-order chi connectivity index (χ1) is 9.56. The van der Waals surface area contributed by atoms with Crippen molar-refractivity contribution in [3.63, 3.8) is 0 Å². The fourth-order valence-corrected chi connectivity index (χ4v) is 3.23. The SMILES string of the molecule is COC1(CNC(=O)C2(CN)CCC(C)CC2)CCOC1. The van der Waals surface area contributed by atoms with E-state index in [4.69, 9.17) is 15.2 Å². The maximum atomic E-state index is 12.6. The zero-order valence-corrected chi connectivity index (χ0v) is 12.7. The maximum absolute atomic E-state index is 12.6. The molecule has 1 saturated carbocycles. The number of hydrogen-bond donors (Lipinski definition) is 2. The van der Waals surface area contributed by atoms with Crippen LogP contribution in [-0.2, 0) is 14.3 Å². The van der Waals surface area contributed by atoms with E-state index in [-0.39, 0.29) is 16.9 Å². The number of ether oxygens (including phenoxy) is 2. The van der Waals surface area contributed by atoms with Gasteiger partial charge in [0.2, 0.25) is 5.91 Å².